The fraction of sp³-hybridized carbons (Fsp3) is 0.412. The number of nitrogens with one attached hydrogen (secondary N) is 1. The van der Waals surface area contributed by atoms with E-state index in [-0.39, 0.29) is 24.1 Å². The van der Waals surface area contributed by atoms with Crippen molar-refractivity contribution in [1.82, 2.24) is 10.5 Å². The molecule has 2 rings (SSSR count). The molecule has 136 valence electrons. The van der Waals surface area contributed by atoms with Gasteiger partial charge >= 0.3 is 6.36 Å². The summed E-state index contributed by atoms with van der Waals surface area (Å²) in [6.07, 6.45) is -3.94. The van der Waals surface area contributed by atoms with E-state index in [9.17, 15) is 18.0 Å². The number of halogens is 3. The molecule has 0 aliphatic rings. The SMILES string of the molecule is Cc1noc(C)c1CCC(=O)NC(C)c1ccc(OC(F)(F)F)cc1. The molecule has 0 saturated heterocycles. The number of carbonyl (C=O) groups excluding carboxylic acids is 1. The van der Waals surface area contributed by atoms with E-state index in [2.05, 4.69) is 15.2 Å². The van der Waals surface area contributed by atoms with Gasteiger partial charge in [0.25, 0.3) is 0 Å². The van der Waals surface area contributed by atoms with Gasteiger partial charge in [-0.3, -0.25) is 4.79 Å². The second-order valence-electron chi connectivity index (χ2n) is 5.71. The molecule has 1 unspecified atom stereocenters. The molecule has 1 N–H and O–H groups in total. The van der Waals surface area contributed by atoms with Gasteiger partial charge in [0.15, 0.2) is 0 Å². The number of amides is 1. The number of nitrogens with zero attached hydrogens (tertiary/aromatic N) is 1. The first-order chi connectivity index (χ1) is 11.7. The fourth-order valence-corrected chi connectivity index (χ4v) is 2.45. The van der Waals surface area contributed by atoms with Gasteiger partial charge in [-0.2, -0.15) is 0 Å². The van der Waals surface area contributed by atoms with Crippen LogP contribution in [0.4, 0.5) is 13.2 Å². The smallest absolute Gasteiger partial charge is 0.406 e. The predicted octanol–water partition coefficient (Wildman–Crippen LogP) is 4.00. The van der Waals surface area contributed by atoms with E-state index >= 15 is 0 Å². The third-order valence-electron chi connectivity index (χ3n) is 3.77. The molecule has 0 aliphatic heterocycles. The minimum absolute atomic E-state index is 0.164. The van der Waals surface area contributed by atoms with Crippen molar-refractivity contribution in [1.29, 1.82) is 0 Å². The molecule has 2 aromatic rings. The molecule has 0 saturated carbocycles. The zero-order valence-electron chi connectivity index (χ0n) is 14.1. The van der Waals surface area contributed by atoms with E-state index in [0.29, 0.717) is 17.7 Å². The Morgan fingerprint density at radius 2 is 1.92 bits per heavy atom. The highest BCUT2D eigenvalue weighted by atomic mass is 19.4. The fourth-order valence-electron chi connectivity index (χ4n) is 2.45. The monoisotopic (exact) mass is 356 g/mol. The third kappa shape index (κ3) is 5.51. The zero-order valence-corrected chi connectivity index (χ0v) is 14.1. The van der Waals surface area contributed by atoms with Gasteiger partial charge in [-0.05, 0) is 44.9 Å². The quantitative estimate of drug-likeness (QED) is 0.850. The summed E-state index contributed by atoms with van der Waals surface area (Å²) < 4.78 is 45.3. The average molecular weight is 356 g/mol. The largest absolute Gasteiger partial charge is 0.573 e. The molecular weight excluding hydrogens is 337 g/mol. The predicted molar refractivity (Wildman–Crippen MR) is 84.0 cm³/mol. The maximum Gasteiger partial charge on any atom is 0.573 e. The van der Waals surface area contributed by atoms with Gasteiger partial charge in [0.1, 0.15) is 11.5 Å². The topological polar surface area (TPSA) is 64.4 Å². The summed E-state index contributed by atoms with van der Waals surface area (Å²) in [6, 6.07) is 5.07. The Labute approximate surface area is 143 Å². The van der Waals surface area contributed by atoms with Crippen LogP contribution >= 0.6 is 0 Å². The van der Waals surface area contributed by atoms with Crippen LogP contribution in [-0.4, -0.2) is 17.4 Å². The second-order valence-corrected chi connectivity index (χ2v) is 5.71. The van der Waals surface area contributed by atoms with Crippen LogP contribution in [0, 0.1) is 13.8 Å². The molecule has 1 heterocycles. The number of carbonyl (C=O) groups is 1. The number of aryl methyl sites for hydroxylation is 2. The molecule has 1 aromatic heterocycles. The molecule has 0 spiro atoms. The van der Waals surface area contributed by atoms with E-state index in [1.165, 1.54) is 24.3 Å². The number of ether oxygens (including phenoxy) is 1. The van der Waals surface area contributed by atoms with Crippen molar-refractivity contribution < 1.29 is 27.2 Å². The maximum atomic E-state index is 12.1. The lowest BCUT2D eigenvalue weighted by atomic mass is 10.1. The van der Waals surface area contributed by atoms with Gasteiger partial charge in [-0.25, -0.2) is 0 Å². The van der Waals surface area contributed by atoms with E-state index < -0.39 is 6.36 Å². The number of alkyl halides is 3. The lowest BCUT2D eigenvalue weighted by molar-refractivity contribution is -0.274. The molecule has 0 radical (unpaired) electrons. The summed E-state index contributed by atoms with van der Waals surface area (Å²) >= 11 is 0. The molecule has 25 heavy (non-hydrogen) atoms. The van der Waals surface area contributed by atoms with Crippen LogP contribution in [0.2, 0.25) is 0 Å². The van der Waals surface area contributed by atoms with Crippen molar-refractivity contribution in [2.24, 2.45) is 0 Å². The third-order valence-corrected chi connectivity index (χ3v) is 3.77. The van der Waals surface area contributed by atoms with Crippen LogP contribution in [-0.2, 0) is 11.2 Å². The van der Waals surface area contributed by atoms with Crippen LogP contribution in [0.1, 0.15) is 42.0 Å². The first-order valence-electron chi connectivity index (χ1n) is 7.72. The van der Waals surface area contributed by atoms with E-state index in [1.54, 1.807) is 13.8 Å². The summed E-state index contributed by atoms with van der Waals surface area (Å²) in [6.45, 7) is 5.37. The van der Waals surface area contributed by atoms with Gasteiger partial charge in [0.05, 0.1) is 11.7 Å². The number of rotatable bonds is 6. The molecule has 1 aromatic carbocycles. The highest BCUT2D eigenvalue weighted by Crippen LogP contribution is 2.24. The molecule has 1 atom stereocenters. The number of hydrogen-bond acceptors (Lipinski definition) is 4. The van der Waals surface area contributed by atoms with Crippen molar-refractivity contribution in [2.45, 2.75) is 46.0 Å². The Morgan fingerprint density at radius 3 is 2.44 bits per heavy atom. The Morgan fingerprint density at radius 1 is 1.28 bits per heavy atom. The van der Waals surface area contributed by atoms with Crippen LogP contribution in [0.3, 0.4) is 0 Å². The molecular formula is C17H19F3N2O3. The lowest BCUT2D eigenvalue weighted by Gasteiger charge is -2.15. The summed E-state index contributed by atoms with van der Waals surface area (Å²) in [5, 5.41) is 6.65. The van der Waals surface area contributed by atoms with Crippen LogP contribution in [0.15, 0.2) is 28.8 Å². The van der Waals surface area contributed by atoms with E-state index in [1.807, 2.05) is 6.92 Å². The highest BCUT2D eigenvalue weighted by molar-refractivity contribution is 5.76. The summed E-state index contributed by atoms with van der Waals surface area (Å²) in [4.78, 5) is 12.1. The summed E-state index contributed by atoms with van der Waals surface area (Å²) in [5.41, 5.74) is 2.36. The molecule has 1 amide bonds. The van der Waals surface area contributed by atoms with Crippen LogP contribution < -0.4 is 10.1 Å². The number of aromatic nitrogens is 1. The van der Waals surface area contributed by atoms with Gasteiger partial charge < -0.3 is 14.6 Å². The van der Waals surface area contributed by atoms with Crippen LogP contribution in [0.5, 0.6) is 5.75 Å². The van der Waals surface area contributed by atoms with Gasteiger partial charge in [-0.15, -0.1) is 13.2 Å². The van der Waals surface area contributed by atoms with E-state index in [4.69, 9.17) is 4.52 Å². The summed E-state index contributed by atoms with van der Waals surface area (Å²) in [5.74, 6) is 0.231. The van der Waals surface area contributed by atoms with Crippen molar-refractivity contribution in [3.05, 3.63) is 46.8 Å². The molecule has 5 nitrogen and oxygen atoms in total. The number of benzene rings is 1. The van der Waals surface area contributed by atoms with Crippen LogP contribution in [0.25, 0.3) is 0 Å². The Hall–Kier alpha value is -2.51. The Balaban J connectivity index is 1.88. The van der Waals surface area contributed by atoms with Crippen molar-refractivity contribution >= 4 is 5.91 Å². The second kappa shape index (κ2) is 7.58. The zero-order chi connectivity index (χ0) is 18.6. The maximum absolute atomic E-state index is 12.1. The van der Waals surface area contributed by atoms with Gasteiger partial charge in [-0.1, -0.05) is 17.3 Å². The van der Waals surface area contributed by atoms with Crippen molar-refractivity contribution in [3.63, 3.8) is 0 Å². The Bertz CT molecular complexity index is 704. The van der Waals surface area contributed by atoms with Gasteiger partial charge in [0.2, 0.25) is 5.91 Å². The average Bonchev–Trinajstić information content (AvgIpc) is 2.83. The van der Waals surface area contributed by atoms with E-state index in [0.717, 1.165) is 11.3 Å². The first kappa shape index (κ1) is 18.8. The minimum Gasteiger partial charge on any atom is -0.406 e. The number of hydrogen-bond donors (Lipinski definition) is 1. The minimum atomic E-state index is -4.72. The molecule has 0 bridgehead atoms. The standard InChI is InChI=1S/C17H19F3N2O3/c1-10(13-4-6-14(7-5-13)24-17(18,19)20)21-16(23)9-8-15-11(2)22-25-12(15)3/h4-7,10H,8-9H2,1-3H3,(H,21,23). The first-order valence-corrected chi connectivity index (χ1v) is 7.72. The van der Waals surface area contributed by atoms with Crippen molar-refractivity contribution in [3.8, 4) is 5.75 Å². The molecule has 8 heteroatoms. The summed E-state index contributed by atoms with van der Waals surface area (Å²) in [7, 11) is 0. The lowest BCUT2D eigenvalue weighted by Crippen LogP contribution is -2.26. The van der Waals surface area contributed by atoms with Crippen molar-refractivity contribution in [2.75, 3.05) is 0 Å². The van der Waals surface area contributed by atoms with Gasteiger partial charge in [0, 0.05) is 12.0 Å². The Kier molecular flexibility index (Phi) is 5.71. The normalized spacial score (nSPS) is 12.7. The molecule has 0 aliphatic carbocycles. The molecule has 0 fully saturated rings. The highest BCUT2D eigenvalue weighted by Gasteiger charge is 2.31.